The van der Waals surface area contributed by atoms with Gasteiger partial charge in [0.05, 0.1) is 12.7 Å². The Balaban J connectivity index is 2.43. The van der Waals surface area contributed by atoms with Gasteiger partial charge in [-0.1, -0.05) is 32.9 Å². The average molecular weight is 224 g/mol. The van der Waals surface area contributed by atoms with Crippen LogP contribution < -0.4 is 5.32 Å². The quantitative estimate of drug-likeness (QED) is 0.817. The molecule has 16 heavy (non-hydrogen) atoms. The Labute approximate surface area is 96.2 Å². The van der Waals surface area contributed by atoms with Crippen molar-refractivity contribution in [2.75, 3.05) is 0 Å². The summed E-state index contributed by atoms with van der Waals surface area (Å²) in [4.78, 5) is 11.3. The maximum Gasteiger partial charge on any atom is 0.222 e. The SMILES string of the molecule is CC(C)Cn1cc(CNC(=O)C(C)C)nn1. The molecule has 0 aliphatic rings. The zero-order valence-electron chi connectivity index (χ0n) is 10.4. The molecule has 1 rings (SSSR count). The van der Waals surface area contributed by atoms with Crippen LogP contribution in [0.2, 0.25) is 0 Å². The number of rotatable bonds is 5. The molecule has 1 N–H and O–H groups in total. The molecule has 0 saturated heterocycles. The number of carbonyl (C=O) groups excluding carboxylic acids is 1. The van der Waals surface area contributed by atoms with Gasteiger partial charge in [0.25, 0.3) is 0 Å². The molecule has 1 aromatic rings. The van der Waals surface area contributed by atoms with Gasteiger partial charge in [0.1, 0.15) is 5.69 Å². The van der Waals surface area contributed by atoms with Gasteiger partial charge < -0.3 is 5.32 Å². The van der Waals surface area contributed by atoms with Gasteiger partial charge in [-0.25, -0.2) is 0 Å². The molecule has 1 amide bonds. The molecule has 0 atom stereocenters. The van der Waals surface area contributed by atoms with Crippen LogP contribution in [0.3, 0.4) is 0 Å². The van der Waals surface area contributed by atoms with E-state index in [9.17, 15) is 4.79 Å². The van der Waals surface area contributed by atoms with Gasteiger partial charge in [0.2, 0.25) is 5.91 Å². The first-order valence-corrected chi connectivity index (χ1v) is 5.65. The van der Waals surface area contributed by atoms with E-state index in [1.165, 1.54) is 0 Å². The van der Waals surface area contributed by atoms with Crippen LogP contribution in [0.4, 0.5) is 0 Å². The Morgan fingerprint density at radius 3 is 2.69 bits per heavy atom. The van der Waals surface area contributed by atoms with Crippen molar-refractivity contribution < 1.29 is 4.79 Å². The van der Waals surface area contributed by atoms with Crippen molar-refractivity contribution >= 4 is 5.91 Å². The number of carbonyl (C=O) groups is 1. The van der Waals surface area contributed by atoms with Gasteiger partial charge in [0.15, 0.2) is 0 Å². The summed E-state index contributed by atoms with van der Waals surface area (Å²) < 4.78 is 1.81. The predicted molar refractivity (Wildman–Crippen MR) is 61.5 cm³/mol. The first-order chi connectivity index (χ1) is 7.49. The van der Waals surface area contributed by atoms with Gasteiger partial charge >= 0.3 is 0 Å². The number of aromatic nitrogens is 3. The van der Waals surface area contributed by atoms with E-state index in [4.69, 9.17) is 0 Å². The van der Waals surface area contributed by atoms with Crippen LogP contribution in [0.15, 0.2) is 6.20 Å². The number of hydrogen-bond donors (Lipinski definition) is 1. The highest BCUT2D eigenvalue weighted by Gasteiger charge is 2.07. The van der Waals surface area contributed by atoms with Crippen molar-refractivity contribution in [1.29, 1.82) is 0 Å². The van der Waals surface area contributed by atoms with Crippen LogP contribution in [-0.2, 0) is 17.9 Å². The fourth-order valence-electron chi connectivity index (χ4n) is 1.26. The highest BCUT2D eigenvalue weighted by Crippen LogP contribution is 1.99. The van der Waals surface area contributed by atoms with Gasteiger partial charge in [-0.05, 0) is 5.92 Å². The lowest BCUT2D eigenvalue weighted by Gasteiger charge is -2.05. The second-order valence-corrected chi connectivity index (χ2v) is 4.70. The number of nitrogens with zero attached hydrogens (tertiary/aromatic N) is 3. The fourth-order valence-corrected chi connectivity index (χ4v) is 1.26. The van der Waals surface area contributed by atoms with E-state index in [0.29, 0.717) is 12.5 Å². The summed E-state index contributed by atoms with van der Waals surface area (Å²) in [6, 6.07) is 0. The molecule has 0 aliphatic heterocycles. The number of hydrogen-bond acceptors (Lipinski definition) is 3. The van der Waals surface area contributed by atoms with E-state index in [2.05, 4.69) is 29.5 Å². The second-order valence-electron chi connectivity index (χ2n) is 4.70. The van der Waals surface area contributed by atoms with Gasteiger partial charge in [-0.15, -0.1) is 5.10 Å². The van der Waals surface area contributed by atoms with Crippen LogP contribution in [-0.4, -0.2) is 20.9 Å². The summed E-state index contributed by atoms with van der Waals surface area (Å²) in [6.07, 6.45) is 1.88. The molecule has 5 heteroatoms. The predicted octanol–water partition coefficient (Wildman–Crippen LogP) is 1.21. The Bertz CT molecular complexity index is 344. The monoisotopic (exact) mass is 224 g/mol. The van der Waals surface area contributed by atoms with Gasteiger partial charge in [-0.3, -0.25) is 9.48 Å². The molecular formula is C11H20N4O. The number of nitrogens with one attached hydrogen (secondary N) is 1. The van der Waals surface area contributed by atoms with Crippen molar-refractivity contribution in [3.8, 4) is 0 Å². The highest BCUT2D eigenvalue weighted by atomic mass is 16.1. The highest BCUT2D eigenvalue weighted by molar-refractivity contribution is 5.77. The average Bonchev–Trinajstić information content (AvgIpc) is 2.60. The molecule has 90 valence electrons. The first kappa shape index (κ1) is 12.7. The summed E-state index contributed by atoms with van der Waals surface area (Å²) in [5, 5.41) is 10.8. The first-order valence-electron chi connectivity index (χ1n) is 5.65. The minimum Gasteiger partial charge on any atom is -0.350 e. The third-order valence-corrected chi connectivity index (χ3v) is 2.11. The molecule has 1 aromatic heterocycles. The van der Waals surface area contributed by atoms with Crippen LogP contribution in [0.25, 0.3) is 0 Å². The van der Waals surface area contributed by atoms with Crippen LogP contribution in [0.1, 0.15) is 33.4 Å². The van der Waals surface area contributed by atoms with Crippen molar-refractivity contribution in [3.05, 3.63) is 11.9 Å². The largest absolute Gasteiger partial charge is 0.350 e. The molecule has 0 aliphatic carbocycles. The van der Waals surface area contributed by atoms with Crippen LogP contribution in [0, 0.1) is 11.8 Å². The molecule has 0 aromatic carbocycles. The molecular weight excluding hydrogens is 204 g/mol. The second kappa shape index (κ2) is 5.63. The van der Waals surface area contributed by atoms with E-state index >= 15 is 0 Å². The van der Waals surface area contributed by atoms with E-state index < -0.39 is 0 Å². The molecule has 5 nitrogen and oxygen atoms in total. The molecule has 0 spiro atoms. The van der Waals surface area contributed by atoms with Crippen molar-refractivity contribution in [1.82, 2.24) is 20.3 Å². The lowest BCUT2D eigenvalue weighted by atomic mass is 10.2. The minimum atomic E-state index is 0.00529. The Hall–Kier alpha value is -1.39. The lowest BCUT2D eigenvalue weighted by molar-refractivity contribution is -0.124. The third-order valence-electron chi connectivity index (χ3n) is 2.11. The Kier molecular flexibility index (Phi) is 4.46. The molecule has 0 radical (unpaired) electrons. The van der Waals surface area contributed by atoms with Crippen molar-refractivity contribution in [3.63, 3.8) is 0 Å². The summed E-state index contributed by atoms with van der Waals surface area (Å²) in [5.41, 5.74) is 0.801. The summed E-state index contributed by atoms with van der Waals surface area (Å²) >= 11 is 0. The van der Waals surface area contributed by atoms with E-state index in [1.807, 2.05) is 24.7 Å². The number of amides is 1. The maximum absolute atomic E-state index is 11.3. The third kappa shape index (κ3) is 4.00. The molecule has 0 saturated carbocycles. The van der Waals surface area contributed by atoms with Crippen molar-refractivity contribution in [2.24, 2.45) is 11.8 Å². The molecule has 0 fully saturated rings. The maximum atomic E-state index is 11.3. The molecule has 0 unspecified atom stereocenters. The Morgan fingerprint density at radius 2 is 2.12 bits per heavy atom. The zero-order chi connectivity index (χ0) is 12.1. The summed E-state index contributed by atoms with van der Waals surface area (Å²) in [5.74, 6) is 0.587. The van der Waals surface area contributed by atoms with Crippen LogP contribution in [0.5, 0.6) is 0 Å². The standard InChI is InChI=1S/C11H20N4O/c1-8(2)6-15-7-10(13-14-15)5-12-11(16)9(3)4/h7-9H,5-6H2,1-4H3,(H,12,16). The minimum absolute atomic E-state index is 0.00529. The van der Waals surface area contributed by atoms with Gasteiger partial charge in [0, 0.05) is 12.5 Å². The molecule has 0 bridgehead atoms. The summed E-state index contributed by atoms with van der Waals surface area (Å²) in [7, 11) is 0. The van der Waals surface area contributed by atoms with Crippen molar-refractivity contribution in [2.45, 2.75) is 40.8 Å². The smallest absolute Gasteiger partial charge is 0.222 e. The topological polar surface area (TPSA) is 59.8 Å². The summed E-state index contributed by atoms with van der Waals surface area (Å²) in [6.45, 7) is 9.29. The molecule has 1 heterocycles. The van der Waals surface area contributed by atoms with E-state index in [1.54, 1.807) is 0 Å². The fraction of sp³-hybridized carbons (Fsp3) is 0.727. The van der Waals surface area contributed by atoms with Gasteiger partial charge in [-0.2, -0.15) is 0 Å². The lowest BCUT2D eigenvalue weighted by Crippen LogP contribution is -2.27. The normalized spacial score (nSPS) is 11.1. The van der Waals surface area contributed by atoms with E-state index in [-0.39, 0.29) is 11.8 Å². The Morgan fingerprint density at radius 1 is 1.44 bits per heavy atom. The van der Waals surface area contributed by atoms with E-state index in [0.717, 1.165) is 12.2 Å². The zero-order valence-corrected chi connectivity index (χ0v) is 10.4. The van der Waals surface area contributed by atoms with Crippen LogP contribution >= 0.6 is 0 Å².